The minimum Gasteiger partial charge on any atom is -0.497 e. The van der Waals surface area contributed by atoms with Crippen LogP contribution in [-0.4, -0.2) is 16.9 Å². The molecular formula is C15H21N3O. The van der Waals surface area contributed by atoms with Gasteiger partial charge in [-0.3, -0.25) is 4.68 Å². The minimum atomic E-state index is 0.839. The van der Waals surface area contributed by atoms with Crippen LogP contribution < -0.4 is 10.1 Å². The molecule has 2 aromatic rings. The lowest BCUT2D eigenvalue weighted by Gasteiger charge is -2.09. The summed E-state index contributed by atoms with van der Waals surface area (Å²) in [5.41, 5.74) is 3.75. The summed E-state index contributed by atoms with van der Waals surface area (Å²) in [5, 5.41) is 7.80. The standard InChI is InChI=1S/C15H21N3O/c1-4-18-15(12(2)9-17-18)11-16-10-13-5-7-14(19-3)8-6-13/h5-9,16H,4,10-11H2,1-3H3. The van der Waals surface area contributed by atoms with Gasteiger partial charge in [0.1, 0.15) is 5.75 Å². The SMILES string of the molecule is CCn1ncc(C)c1CNCc1ccc(OC)cc1. The Balaban J connectivity index is 1.90. The van der Waals surface area contributed by atoms with Gasteiger partial charge in [-0.25, -0.2) is 0 Å². The van der Waals surface area contributed by atoms with Crippen LogP contribution in [0.1, 0.15) is 23.7 Å². The molecule has 1 N–H and O–H groups in total. The van der Waals surface area contributed by atoms with Crippen molar-refractivity contribution in [1.82, 2.24) is 15.1 Å². The largest absolute Gasteiger partial charge is 0.497 e. The van der Waals surface area contributed by atoms with Crippen LogP contribution in [0.15, 0.2) is 30.5 Å². The van der Waals surface area contributed by atoms with Crippen molar-refractivity contribution < 1.29 is 4.74 Å². The molecular weight excluding hydrogens is 238 g/mol. The first-order chi connectivity index (χ1) is 9.24. The third-order valence-corrected chi connectivity index (χ3v) is 3.24. The molecule has 19 heavy (non-hydrogen) atoms. The highest BCUT2D eigenvalue weighted by molar-refractivity contribution is 5.27. The van der Waals surface area contributed by atoms with E-state index in [4.69, 9.17) is 4.74 Å². The number of hydrogen-bond acceptors (Lipinski definition) is 3. The fourth-order valence-electron chi connectivity index (χ4n) is 2.08. The van der Waals surface area contributed by atoms with Crippen molar-refractivity contribution in [3.05, 3.63) is 47.3 Å². The Morgan fingerprint density at radius 2 is 1.95 bits per heavy atom. The van der Waals surface area contributed by atoms with Gasteiger partial charge in [0.05, 0.1) is 19.0 Å². The smallest absolute Gasteiger partial charge is 0.118 e. The van der Waals surface area contributed by atoms with Gasteiger partial charge in [-0.15, -0.1) is 0 Å². The van der Waals surface area contributed by atoms with E-state index >= 15 is 0 Å². The van der Waals surface area contributed by atoms with E-state index in [-0.39, 0.29) is 0 Å². The number of nitrogens with one attached hydrogen (secondary N) is 1. The quantitative estimate of drug-likeness (QED) is 0.866. The number of aromatic nitrogens is 2. The topological polar surface area (TPSA) is 39.1 Å². The molecule has 0 radical (unpaired) electrons. The van der Waals surface area contributed by atoms with Gasteiger partial charge in [-0.05, 0) is 37.1 Å². The number of rotatable bonds is 6. The van der Waals surface area contributed by atoms with Crippen molar-refractivity contribution in [3.63, 3.8) is 0 Å². The van der Waals surface area contributed by atoms with Gasteiger partial charge < -0.3 is 10.1 Å². The first-order valence-electron chi connectivity index (χ1n) is 6.59. The van der Waals surface area contributed by atoms with Gasteiger partial charge in [0.2, 0.25) is 0 Å². The molecule has 1 aromatic heterocycles. The van der Waals surface area contributed by atoms with Crippen molar-refractivity contribution in [3.8, 4) is 5.75 Å². The van der Waals surface area contributed by atoms with E-state index in [0.717, 1.165) is 25.4 Å². The normalized spacial score (nSPS) is 10.7. The molecule has 0 unspecified atom stereocenters. The zero-order valence-electron chi connectivity index (χ0n) is 11.8. The van der Waals surface area contributed by atoms with Gasteiger partial charge in [-0.1, -0.05) is 12.1 Å². The highest BCUT2D eigenvalue weighted by atomic mass is 16.5. The molecule has 0 fully saturated rings. The molecule has 1 heterocycles. The van der Waals surface area contributed by atoms with Crippen LogP contribution in [0, 0.1) is 6.92 Å². The number of aryl methyl sites for hydroxylation is 2. The molecule has 4 nitrogen and oxygen atoms in total. The van der Waals surface area contributed by atoms with Crippen LogP contribution in [0.3, 0.4) is 0 Å². The summed E-state index contributed by atoms with van der Waals surface area (Å²) in [6, 6.07) is 8.13. The van der Waals surface area contributed by atoms with Crippen LogP contribution in [0.5, 0.6) is 5.75 Å². The van der Waals surface area contributed by atoms with Gasteiger partial charge in [0.25, 0.3) is 0 Å². The van der Waals surface area contributed by atoms with Gasteiger partial charge in [-0.2, -0.15) is 5.10 Å². The maximum Gasteiger partial charge on any atom is 0.118 e. The van der Waals surface area contributed by atoms with Crippen molar-refractivity contribution in [2.75, 3.05) is 7.11 Å². The van der Waals surface area contributed by atoms with Crippen LogP contribution >= 0.6 is 0 Å². The average molecular weight is 259 g/mol. The Bertz CT molecular complexity index is 517. The maximum absolute atomic E-state index is 5.15. The monoisotopic (exact) mass is 259 g/mol. The second kappa shape index (κ2) is 6.38. The van der Waals surface area contributed by atoms with Gasteiger partial charge in [0.15, 0.2) is 0 Å². The predicted molar refractivity (Wildman–Crippen MR) is 76.2 cm³/mol. The van der Waals surface area contributed by atoms with Crippen molar-refractivity contribution in [1.29, 1.82) is 0 Å². The number of ether oxygens (including phenoxy) is 1. The number of hydrogen-bond donors (Lipinski definition) is 1. The van der Waals surface area contributed by atoms with E-state index in [1.54, 1.807) is 7.11 Å². The average Bonchev–Trinajstić information content (AvgIpc) is 2.80. The van der Waals surface area contributed by atoms with Crippen LogP contribution in [-0.2, 0) is 19.6 Å². The molecule has 102 valence electrons. The van der Waals surface area contributed by atoms with Crippen LogP contribution in [0.4, 0.5) is 0 Å². The lowest BCUT2D eigenvalue weighted by atomic mass is 10.2. The molecule has 0 bridgehead atoms. The fraction of sp³-hybridized carbons (Fsp3) is 0.400. The van der Waals surface area contributed by atoms with Gasteiger partial charge >= 0.3 is 0 Å². The summed E-state index contributed by atoms with van der Waals surface area (Å²) in [6.07, 6.45) is 1.92. The summed E-state index contributed by atoms with van der Waals surface area (Å²) in [5.74, 6) is 0.892. The maximum atomic E-state index is 5.15. The predicted octanol–water partition coefficient (Wildman–Crippen LogP) is 2.51. The lowest BCUT2D eigenvalue weighted by Crippen LogP contribution is -2.16. The highest BCUT2D eigenvalue weighted by Crippen LogP contribution is 2.11. The molecule has 0 aliphatic rings. The molecule has 4 heteroatoms. The Morgan fingerprint density at radius 1 is 1.21 bits per heavy atom. The van der Waals surface area contributed by atoms with E-state index < -0.39 is 0 Å². The third kappa shape index (κ3) is 3.35. The van der Waals surface area contributed by atoms with Gasteiger partial charge in [0, 0.05) is 19.6 Å². The Labute approximate surface area is 114 Å². The molecule has 0 amide bonds. The minimum absolute atomic E-state index is 0.839. The van der Waals surface area contributed by atoms with Crippen LogP contribution in [0.2, 0.25) is 0 Å². The number of nitrogens with zero attached hydrogens (tertiary/aromatic N) is 2. The third-order valence-electron chi connectivity index (χ3n) is 3.24. The number of methoxy groups -OCH3 is 1. The molecule has 0 aliphatic heterocycles. The van der Waals surface area contributed by atoms with E-state index in [0.29, 0.717) is 0 Å². The Hall–Kier alpha value is -1.81. The van der Waals surface area contributed by atoms with Crippen molar-refractivity contribution in [2.24, 2.45) is 0 Å². The summed E-state index contributed by atoms with van der Waals surface area (Å²) < 4.78 is 7.18. The van der Waals surface area contributed by atoms with E-state index in [2.05, 4.69) is 36.4 Å². The summed E-state index contributed by atoms with van der Waals surface area (Å²) in [7, 11) is 1.68. The van der Waals surface area contributed by atoms with E-state index in [1.807, 2.05) is 23.0 Å². The first-order valence-corrected chi connectivity index (χ1v) is 6.59. The summed E-state index contributed by atoms with van der Waals surface area (Å²) in [4.78, 5) is 0. The van der Waals surface area contributed by atoms with Crippen LogP contribution in [0.25, 0.3) is 0 Å². The summed E-state index contributed by atoms with van der Waals surface area (Å²) in [6.45, 7) is 6.81. The van der Waals surface area contributed by atoms with E-state index in [9.17, 15) is 0 Å². The molecule has 0 aliphatic carbocycles. The second-order valence-corrected chi connectivity index (χ2v) is 4.54. The second-order valence-electron chi connectivity index (χ2n) is 4.54. The summed E-state index contributed by atoms with van der Waals surface area (Å²) >= 11 is 0. The lowest BCUT2D eigenvalue weighted by molar-refractivity contribution is 0.414. The fourth-order valence-corrected chi connectivity index (χ4v) is 2.08. The Morgan fingerprint density at radius 3 is 2.58 bits per heavy atom. The molecule has 2 rings (SSSR count). The molecule has 0 saturated heterocycles. The highest BCUT2D eigenvalue weighted by Gasteiger charge is 2.05. The molecule has 0 atom stereocenters. The van der Waals surface area contributed by atoms with E-state index in [1.165, 1.54) is 16.8 Å². The zero-order chi connectivity index (χ0) is 13.7. The molecule has 0 spiro atoms. The Kier molecular flexibility index (Phi) is 4.58. The molecule has 1 aromatic carbocycles. The zero-order valence-corrected chi connectivity index (χ0v) is 11.8. The first kappa shape index (κ1) is 13.6. The number of benzene rings is 1. The van der Waals surface area contributed by atoms with Crippen molar-refractivity contribution in [2.45, 2.75) is 33.5 Å². The van der Waals surface area contributed by atoms with Crippen molar-refractivity contribution >= 4 is 0 Å². The molecule has 0 saturated carbocycles.